The van der Waals surface area contributed by atoms with E-state index in [0.717, 1.165) is 83.5 Å². The van der Waals surface area contributed by atoms with Crippen molar-refractivity contribution >= 4 is 17.9 Å². The summed E-state index contributed by atoms with van der Waals surface area (Å²) in [5.41, 5.74) is 0. The van der Waals surface area contributed by atoms with Crippen molar-refractivity contribution in [2.75, 3.05) is 13.2 Å². The molecule has 0 amide bonds. The smallest absolute Gasteiger partial charge is 0.306 e. The van der Waals surface area contributed by atoms with Crippen LogP contribution in [0.3, 0.4) is 0 Å². The Morgan fingerprint density at radius 1 is 0.273 bits per heavy atom. The van der Waals surface area contributed by atoms with E-state index >= 15 is 0 Å². The Balaban J connectivity index is 3.93. The molecule has 0 N–H and O–H groups in total. The minimum atomic E-state index is -0.765. The van der Waals surface area contributed by atoms with Gasteiger partial charge in [0, 0.05) is 19.3 Å². The number of esters is 3. The molecule has 0 saturated carbocycles. The molecule has 77 heavy (non-hydrogen) atoms. The van der Waals surface area contributed by atoms with E-state index in [9.17, 15) is 14.4 Å². The summed E-state index contributed by atoms with van der Waals surface area (Å²) in [6, 6.07) is 0. The van der Waals surface area contributed by atoms with Crippen LogP contribution in [0.1, 0.15) is 367 Å². The fourth-order valence-corrected chi connectivity index (χ4v) is 10.3. The molecule has 0 heterocycles. The van der Waals surface area contributed by atoms with Crippen molar-refractivity contribution in [1.82, 2.24) is 0 Å². The first-order chi connectivity index (χ1) is 38.0. The van der Waals surface area contributed by atoms with Crippen LogP contribution in [0.5, 0.6) is 0 Å². The first kappa shape index (κ1) is 74.4. The van der Waals surface area contributed by atoms with Crippen molar-refractivity contribution in [2.45, 2.75) is 374 Å². The van der Waals surface area contributed by atoms with Crippen molar-refractivity contribution in [3.8, 4) is 0 Å². The third-order valence-corrected chi connectivity index (χ3v) is 15.3. The minimum absolute atomic E-state index is 0.0653. The van der Waals surface area contributed by atoms with Crippen molar-refractivity contribution in [3.63, 3.8) is 0 Å². The van der Waals surface area contributed by atoms with Crippen molar-refractivity contribution in [1.29, 1.82) is 0 Å². The average Bonchev–Trinajstić information content (AvgIpc) is 3.43. The van der Waals surface area contributed by atoms with Gasteiger partial charge in [-0.1, -0.05) is 339 Å². The van der Waals surface area contributed by atoms with E-state index in [2.05, 4.69) is 69.4 Å². The number of unbranched alkanes of at least 4 members (excludes halogenated alkanes) is 44. The topological polar surface area (TPSA) is 78.9 Å². The van der Waals surface area contributed by atoms with Crippen LogP contribution in [-0.4, -0.2) is 37.2 Å². The monoisotopic (exact) mass is 1080 g/mol. The predicted molar refractivity (Wildman–Crippen MR) is 335 cm³/mol. The summed E-state index contributed by atoms with van der Waals surface area (Å²) in [7, 11) is 0. The number of carbonyl (C=O) groups excluding carboxylic acids is 3. The maximum absolute atomic E-state index is 12.8. The summed E-state index contributed by atoms with van der Waals surface area (Å²) in [5.74, 6) is -0.846. The molecule has 1 unspecified atom stereocenters. The summed E-state index contributed by atoms with van der Waals surface area (Å²) in [6.07, 6.45) is 83.2. The molecule has 1 atom stereocenters. The lowest BCUT2D eigenvalue weighted by atomic mass is 10.0. The van der Waals surface area contributed by atoms with Crippen LogP contribution in [0.25, 0.3) is 0 Å². The van der Waals surface area contributed by atoms with Crippen LogP contribution in [-0.2, 0) is 28.6 Å². The molecule has 0 aromatic rings. The first-order valence-electron chi connectivity index (χ1n) is 34.1. The fraction of sp³-hybridized carbons (Fsp3) is 0.845. The Morgan fingerprint density at radius 2 is 0.506 bits per heavy atom. The van der Waals surface area contributed by atoms with Gasteiger partial charge in [-0.05, 0) is 57.8 Å². The van der Waals surface area contributed by atoms with Gasteiger partial charge >= 0.3 is 17.9 Å². The highest BCUT2D eigenvalue weighted by Crippen LogP contribution is 2.18. The summed E-state index contributed by atoms with van der Waals surface area (Å²) in [6.45, 7) is 6.54. The molecule has 0 fully saturated rings. The lowest BCUT2D eigenvalue weighted by molar-refractivity contribution is -0.167. The van der Waals surface area contributed by atoms with E-state index < -0.39 is 6.10 Å². The molecule has 0 rings (SSSR count). The van der Waals surface area contributed by atoms with Gasteiger partial charge in [-0.15, -0.1) is 0 Å². The summed E-state index contributed by atoms with van der Waals surface area (Å²) >= 11 is 0. The van der Waals surface area contributed by atoms with E-state index in [1.807, 2.05) is 0 Å². The molecule has 450 valence electrons. The number of hydrogen-bond donors (Lipinski definition) is 0. The van der Waals surface area contributed by atoms with Crippen molar-refractivity contribution in [3.05, 3.63) is 48.6 Å². The molecule has 0 aromatic carbocycles. The highest BCUT2D eigenvalue weighted by atomic mass is 16.6. The van der Waals surface area contributed by atoms with Gasteiger partial charge in [-0.2, -0.15) is 0 Å². The molecule has 0 bridgehead atoms. The van der Waals surface area contributed by atoms with Crippen molar-refractivity contribution < 1.29 is 28.6 Å². The maximum Gasteiger partial charge on any atom is 0.306 e. The second kappa shape index (κ2) is 65.9. The highest BCUT2D eigenvalue weighted by molar-refractivity contribution is 5.71. The Morgan fingerprint density at radius 3 is 0.792 bits per heavy atom. The molecule has 0 spiro atoms. The van der Waals surface area contributed by atoms with Crippen LogP contribution in [0.15, 0.2) is 48.6 Å². The summed E-state index contributed by atoms with van der Waals surface area (Å²) in [5, 5.41) is 0. The molecular formula is C71H130O6. The molecule has 6 nitrogen and oxygen atoms in total. The Labute approximate surface area is 479 Å². The lowest BCUT2D eigenvalue weighted by Gasteiger charge is -2.18. The minimum Gasteiger partial charge on any atom is -0.462 e. The number of allylic oxidation sites excluding steroid dienone is 8. The third-order valence-electron chi connectivity index (χ3n) is 15.3. The van der Waals surface area contributed by atoms with E-state index in [0.29, 0.717) is 19.3 Å². The van der Waals surface area contributed by atoms with Gasteiger partial charge in [0.15, 0.2) is 6.10 Å². The Bertz CT molecular complexity index is 1330. The predicted octanol–water partition coefficient (Wildman–Crippen LogP) is 23.3. The van der Waals surface area contributed by atoms with Gasteiger partial charge in [-0.25, -0.2) is 0 Å². The number of hydrogen-bond acceptors (Lipinski definition) is 6. The van der Waals surface area contributed by atoms with Crippen LogP contribution in [0, 0.1) is 0 Å². The molecule has 0 saturated heterocycles. The molecule has 0 aromatic heterocycles. The Hall–Kier alpha value is -2.63. The van der Waals surface area contributed by atoms with E-state index in [1.165, 1.54) is 244 Å². The van der Waals surface area contributed by atoms with Crippen LogP contribution < -0.4 is 0 Å². The van der Waals surface area contributed by atoms with E-state index in [1.54, 1.807) is 0 Å². The first-order valence-corrected chi connectivity index (χ1v) is 34.1. The zero-order valence-electron chi connectivity index (χ0n) is 51.7. The number of ether oxygens (including phenoxy) is 3. The maximum atomic E-state index is 12.8. The molecule has 0 aliphatic rings. The van der Waals surface area contributed by atoms with E-state index in [4.69, 9.17) is 14.2 Å². The zero-order chi connectivity index (χ0) is 55.7. The second-order valence-corrected chi connectivity index (χ2v) is 23.1. The quantitative estimate of drug-likeness (QED) is 0.0261. The Kier molecular flexibility index (Phi) is 63.6. The van der Waals surface area contributed by atoms with Gasteiger partial charge in [0.05, 0.1) is 0 Å². The highest BCUT2D eigenvalue weighted by Gasteiger charge is 2.19. The van der Waals surface area contributed by atoms with Gasteiger partial charge in [0.2, 0.25) is 0 Å². The van der Waals surface area contributed by atoms with Crippen molar-refractivity contribution in [2.24, 2.45) is 0 Å². The van der Waals surface area contributed by atoms with Crippen LogP contribution >= 0.6 is 0 Å². The molecular weight excluding hydrogens is 949 g/mol. The lowest BCUT2D eigenvalue weighted by Crippen LogP contribution is -2.30. The SMILES string of the molecule is CC/C=C\C/C=C\C/C=C\C/C=C\CCCCCCCCCCCCCCCCCCCCCCCCC(=O)OCC(COC(=O)CCCCCCCCC)OC(=O)CCCCCCCCCCCCCCCCCCC. The molecule has 0 aliphatic heterocycles. The molecule has 0 aliphatic carbocycles. The van der Waals surface area contributed by atoms with Gasteiger partial charge in [0.1, 0.15) is 13.2 Å². The second-order valence-electron chi connectivity index (χ2n) is 23.1. The molecule has 6 heteroatoms. The largest absolute Gasteiger partial charge is 0.462 e. The normalized spacial score (nSPS) is 12.3. The summed E-state index contributed by atoms with van der Waals surface area (Å²) < 4.78 is 16.9. The average molecular weight is 1080 g/mol. The molecule has 0 radical (unpaired) electrons. The summed E-state index contributed by atoms with van der Waals surface area (Å²) in [4.78, 5) is 38.1. The fourth-order valence-electron chi connectivity index (χ4n) is 10.3. The number of rotatable bonds is 63. The van der Waals surface area contributed by atoms with Gasteiger partial charge in [-0.3, -0.25) is 14.4 Å². The van der Waals surface area contributed by atoms with Gasteiger partial charge in [0.25, 0.3) is 0 Å². The zero-order valence-corrected chi connectivity index (χ0v) is 51.7. The third kappa shape index (κ3) is 64.1. The van der Waals surface area contributed by atoms with E-state index in [-0.39, 0.29) is 31.1 Å². The van der Waals surface area contributed by atoms with Crippen LogP contribution in [0.4, 0.5) is 0 Å². The van der Waals surface area contributed by atoms with Gasteiger partial charge < -0.3 is 14.2 Å². The standard InChI is InChI=1S/C71H130O6/c1-4-7-10-13-16-18-20-22-24-26-27-28-29-30-31-32-33-34-35-36-37-38-39-40-41-42-43-45-46-48-50-52-55-58-61-64-70(73)76-67-68(66-75-69(72)63-60-57-54-15-12-9-6-3)77-71(74)65-62-59-56-53-51-49-47-44-25-23-21-19-17-14-11-8-5-2/h7,10,16,18,22,24,27-28,68H,4-6,8-9,11-15,17,19-21,23,25-26,29-67H2,1-3H3/b10-7-,18-16-,24-22-,28-27-. The van der Waals surface area contributed by atoms with Crippen LogP contribution in [0.2, 0.25) is 0 Å². The number of carbonyl (C=O) groups is 3.